The number of carboxylic acid groups (broad SMARTS) is 1. The number of para-hydroxylation sites is 1. The Hall–Kier alpha value is -2.04. The van der Waals surface area contributed by atoms with Crippen LogP contribution in [-0.4, -0.2) is 29.5 Å². The Kier molecular flexibility index (Phi) is 2.75. The van der Waals surface area contributed by atoms with Crippen molar-refractivity contribution in [3.05, 3.63) is 29.8 Å². The van der Waals surface area contributed by atoms with Gasteiger partial charge in [0.25, 0.3) is 0 Å². The van der Waals surface area contributed by atoms with Crippen LogP contribution in [0.4, 0.5) is 0 Å². The van der Waals surface area contributed by atoms with E-state index < -0.39 is 11.6 Å². The number of hydrogen-bond donors (Lipinski definition) is 1. The zero-order valence-corrected chi connectivity index (χ0v) is 9.64. The first-order valence-electron chi connectivity index (χ1n) is 5.18. The van der Waals surface area contributed by atoms with Gasteiger partial charge >= 0.3 is 5.97 Å². The minimum absolute atomic E-state index is 0.225. The average Bonchev–Trinajstić information content (AvgIpc) is 2.73. The van der Waals surface area contributed by atoms with E-state index in [-0.39, 0.29) is 6.42 Å². The third kappa shape index (κ3) is 1.95. The highest BCUT2D eigenvalue weighted by Gasteiger charge is 2.42. The van der Waals surface area contributed by atoms with Crippen LogP contribution in [0.2, 0.25) is 0 Å². The number of rotatable bonds is 3. The van der Waals surface area contributed by atoms with Crippen LogP contribution in [0.3, 0.4) is 0 Å². The van der Waals surface area contributed by atoms with Gasteiger partial charge in [0.2, 0.25) is 5.60 Å². The van der Waals surface area contributed by atoms with Gasteiger partial charge in [-0.25, -0.2) is 4.79 Å². The third-order valence-corrected chi connectivity index (χ3v) is 2.73. The number of ether oxygens (including phenoxy) is 1. The highest BCUT2D eigenvalue weighted by atomic mass is 16.7. The number of hydrogen-bond acceptors (Lipinski definition) is 4. The van der Waals surface area contributed by atoms with Gasteiger partial charge in [-0.3, -0.25) is 0 Å². The fourth-order valence-electron chi connectivity index (χ4n) is 1.68. The Bertz CT molecular complexity index is 483. The molecular weight excluding hydrogens is 222 g/mol. The second-order valence-corrected chi connectivity index (χ2v) is 4.04. The second kappa shape index (κ2) is 4.08. The normalized spacial score (nSPS) is 22.8. The summed E-state index contributed by atoms with van der Waals surface area (Å²) >= 11 is 0. The van der Waals surface area contributed by atoms with Crippen molar-refractivity contribution >= 4 is 11.7 Å². The van der Waals surface area contributed by atoms with Gasteiger partial charge in [-0.15, -0.1) is 0 Å². The molecular formula is C12H13NO4. The van der Waals surface area contributed by atoms with Gasteiger partial charge in [-0.05, 0) is 19.1 Å². The van der Waals surface area contributed by atoms with Gasteiger partial charge in [-0.2, -0.15) is 0 Å². The SMILES string of the molecule is COc1ccccc1C1=NO[C@@](C)(C(=O)O)C1. The number of carboxylic acids is 1. The standard InChI is InChI=1S/C12H13NO4/c1-12(11(14)15)7-9(13-17-12)8-5-3-4-6-10(8)16-2/h3-6H,7H2,1-2H3,(H,14,15)/t12-/m1/s1. The maximum absolute atomic E-state index is 11.0. The quantitative estimate of drug-likeness (QED) is 0.865. The molecule has 0 spiro atoms. The fourth-order valence-corrected chi connectivity index (χ4v) is 1.68. The van der Waals surface area contributed by atoms with Gasteiger partial charge < -0.3 is 14.7 Å². The van der Waals surface area contributed by atoms with Crippen molar-refractivity contribution in [3.8, 4) is 5.75 Å². The van der Waals surface area contributed by atoms with Gasteiger partial charge in [-0.1, -0.05) is 17.3 Å². The highest BCUT2D eigenvalue weighted by molar-refractivity contribution is 6.06. The number of oxime groups is 1. The van der Waals surface area contributed by atoms with Gasteiger partial charge in [0.15, 0.2) is 0 Å². The van der Waals surface area contributed by atoms with E-state index in [0.29, 0.717) is 11.5 Å². The van der Waals surface area contributed by atoms with Crippen LogP contribution >= 0.6 is 0 Å². The zero-order chi connectivity index (χ0) is 12.5. The maximum atomic E-state index is 11.0. The minimum Gasteiger partial charge on any atom is -0.496 e. The van der Waals surface area contributed by atoms with E-state index in [1.807, 2.05) is 18.2 Å². The summed E-state index contributed by atoms with van der Waals surface area (Å²) in [6.45, 7) is 1.50. The first kappa shape index (κ1) is 11.4. The first-order valence-corrected chi connectivity index (χ1v) is 5.18. The molecule has 0 bridgehead atoms. The lowest BCUT2D eigenvalue weighted by Gasteiger charge is -2.14. The van der Waals surface area contributed by atoms with Crippen LogP contribution in [0.15, 0.2) is 29.4 Å². The van der Waals surface area contributed by atoms with Crippen molar-refractivity contribution in [3.63, 3.8) is 0 Å². The van der Waals surface area contributed by atoms with Crippen molar-refractivity contribution < 1.29 is 19.5 Å². The number of benzene rings is 1. The largest absolute Gasteiger partial charge is 0.496 e. The van der Waals surface area contributed by atoms with Crippen molar-refractivity contribution in [2.24, 2.45) is 5.16 Å². The fraction of sp³-hybridized carbons (Fsp3) is 0.333. The third-order valence-electron chi connectivity index (χ3n) is 2.73. The van der Waals surface area contributed by atoms with E-state index in [2.05, 4.69) is 5.16 Å². The molecule has 2 rings (SSSR count). The van der Waals surface area contributed by atoms with Gasteiger partial charge in [0.05, 0.1) is 12.8 Å². The molecule has 1 atom stereocenters. The average molecular weight is 235 g/mol. The summed E-state index contributed by atoms with van der Waals surface area (Å²) in [4.78, 5) is 16.0. The zero-order valence-electron chi connectivity index (χ0n) is 9.64. The van der Waals surface area contributed by atoms with E-state index >= 15 is 0 Å². The first-order chi connectivity index (χ1) is 8.07. The molecule has 0 aromatic heterocycles. The van der Waals surface area contributed by atoms with E-state index in [1.165, 1.54) is 6.92 Å². The summed E-state index contributed by atoms with van der Waals surface area (Å²) in [5.74, 6) is -0.365. The molecule has 5 heteroatoms. The monoisotopic (exact) mass is 235 g/mol. The number of methoxy groups -OCH3 is 1. The predicted molar refractivity (Wildman–Crippen MR) is 61.3 cm³/mol. The minimum atomic E-state index is -1.28. The summed E-state index contributed by atoms with van der Waals surface area (Å²) in [6, 6.07) is 7.31. The van der Waals surface area contributed by atoms with E-state index in [4.69, 9.17) is 14.7 Å². The number of carbonyl (C=O) groups is 1. The van der Waals surface area contributed by atoms with Crippen LogP contribution < -0.4 is 4.74 Å². The Balaban J connectivity index is 2.29. The Morgan fingerprint density at radius 1 is 1.53 bits per heavy atom. The van der Waals surface area contributed by atoms with E-state index in [0.717, 1.165) is 5.56 Å². The highest BCUT2D eigenvalue weighted by Crippen LogP contribution is 2.30. The van der Waals surface area contributed by atoms with Gasteiger partial charge in [0, 0.05) is 12.0 Å². The lowest BCUT2D eigenvalue weighted by Crippen LogP contribution is -2.35. The number of nitrogens with zero attached hydrogens (tertiary/aromatic N) is 1. The summed E-state index contributed by atoms with van der Waals surface area (Å²) in [5, 5.41) is 12.9. The molecule has 1 aromatic rings. The van der Waals surface area contributed by atoms with Crippen molar-refractivity contribution in [2.45, 2.75) is 18.9 Å². The van der Waals surface area contributed by atoms with E-state index in [9.17, 15) is 4.79 Å². The molecule has 1 aliphatic heterocycles. The Labute approximate surface area is 98.6 Å². The maximum Gasteiger partial charge on any atom is 0.351 e. The number of aliphatic carboxylic acids is 1. The summed E-state index contributed by atoms with van der Waals surface area (Å²) in [6.07, 6.45) is 0.225. The van der Waals surface area contributed by atoms with Crippen LogP contribution in [0.5, 0.6) is 5.75 Å². The van der Waals surface area contributed by atoms with Gasteiger partial charge in [0.1, 0.15) is 5.75 Å². The lowest BCUT2D eigenvalue weighted by atomic mass is 9.96. The molecule has 17 heavy (non-hydrogen) atoms. The topological polar surface area (TPSA) is 68.1 Å². The van der Waals surface area contributed by atoms with Crippen molar-refractivity contribution in [1.82, 2.24) is 0 Å². The Morgan fingerprint density at radius 2 is 2.24 bits per heavy atom. The molecule has 1 heterocycles. The van der Waals surface area contributed by atoms with Crippen LogP contribution in [0.1, 0.15) is 18.9 Å². The molecule has 0 unspecified atom stereocenters. The summed E-state index contributed by atoms with van der Waals surface area (Å²) in [7, 11) is 1.56. The lowest BCUT2D eigenvalue weighted by molar-refractivity contribution is -0.160. The molecule has 1 aliphatic rings. The molecule has 0 saturated carbocycles. The van der Waals surface area contributed by atoms with Crippen LogP contribution in [0, 0.1) is 0 Å². The predicted octanol–water partition coefficient (Wildman–Crippen LogP) is 1.66. The molecule has 1 N–H and O–H groups in total. The molecule has 0 amide bonds. The molecule has 0 aliphatic carbocycles. The smallest absolute Gasteiger partial charge is 0.351 e. The summed E-state index contributed by atoms with van der Waals surface area (Å²) in [5.41, 5.74) is 0.0724. The van der Waals surface area contributed by atoms with E-state index in [1.54, 1.807) is 13.2 Å². The van der Waals surface area contributed by atoms with Crippen LogP contribution in [0.25, 0.3) is 0 Å². The van der Waals surface area contributed by atoms with Crippen LogP contribution in [-0.2, 0) is 9.63 Å². The molecule has 0 radical (unpaired) electrons. The molecule has 0 saturated heterocycles. The molecule has 5 nitrogen and oxygen atoms in total. The molecule has 90 valence electrons. The molecule has 1 aromatic carbocycles. The Morgan fingerprint density at radius 3 is 2.82 bits per heavy atom. The van der Waals surface area contributed by atoms with Crippen molar-refractivity contribution in [2.75, 3.05) is 7.11 Å². The molecule has 0 fully saturated rings. The summed E-state index contributed by atoms with van der Waals surface area (Å²) < 4.78 is 5.20. The second-order valence-electron chi connectivity index (χ2n) is 4.04. The van der Waals surface area contributed by atoms with Crippen molar-refractivity contribution in [1.29, 1.82) is 0 Å².